The predicted molar refractivity (Wildman–Crippen MR) is 121 cm³/mol. The first-order valence-corrected chi connectivity index (χ1v) is 12.0. The lowest BCUT2D eigenvalue weighted by molar-refractivity contribution is -0.155. The van der Waals surface area contributed by atoms with E-state index < -0.39 is 5.60 Å². The summed E-state index contributed by atoms with van der Waals surface area (Å²) in [5.74, 6) is 0.236. The molecule has 0 radical (unpaired) electrons. The number of hydrogen-bond donors (Lipinski definition) is 1. The van der Waals surface area contributed by atoms with Crippen molar-refractivity contribution in [3.05, 3.63) is 34.9 Å². The summed E-state index contributed by atoms with van der Waals surface area (Å²) in [7, 11) is 0. The molecule has 1 aromatic carbocycles. The van der Waals surface area contributed by atoms with E-state index in [0.29, 0.717) is 6.42 Å². The van der Waals surface area contributed by atoms with E-state index in [9.17, 15) is 9.90 Å². The molecular formula is C25H36ClNO4. The van der Waals surface area contributed by atoms with Crippen molar-refractivity contribution in [2.75, 3.05) is 19.7 Å². The summed E-state index contributed by atoms with van der Waals surface area (Å²) in [5, 5.41) is 11.1. The van der Waals surface area contributed by atoms with E-state index in [4.69, 9.17) is 21.1 Å². The van der Waals surface area contributed by atoms with E-state index in [1.165, 1.54) is 0 Å². The highest BCUT2D eigenvalue weighted by Gasteiger charge is 2.53. The van der Waals surface area contributed by atoms with Crippen molar-refractivity contribution in [1.29, 1.82) is 0 Å². The number of ether oxygens (including phenoxy) is 2. The monoisotopic (exact) mass is 449 g/mol. The molecule has 3 fully saturated rings. The number of nitrogens with zero attached hydrogens (tertiary/aromatic N) is 1. The third kappa shape index (κ3) is 5.11. The number of benzene rings is 1. The smallest absolute Gasteiger partial charge is 0.222 e. The Morgan fingerprint density at radius 2 is 1.90 bits per heavy atom. The molecule has 172 valence electrons. The van der Waals surface area contributed by atoms with Crippen LogP contribution in [0.4, 0.5) is 0 Å². The topological polar surface area (TPSA) is 59.0 Å². The van der Waals surface area contributed by atoms with Crippen LogP contribution in [0.15, 0.2) is 24.3 Å². The molecule has 0 unspecified atom stereocenters. The summed E-state index contributed by atoms with van der Waals surface area (Å²) in [6, 6.07) is 7.73. The molecule has 4 rings (SSSR count). The van der Waals surface area contributed by atoms with Gasteiger partial charge < -0.3 is 19.5 Å². The first-order chi connectivity index (χ1) is 14.6. The van der Waals surface area contributed by atoms with Gasteiger partial charge in [0, 0.05) is 24.5 Å². The summed E-state index contributed by atoms with van der Waals surface area (Å²) in [4.78, 5) is 14.7. The van der Waals surface area contributed by atoms with E-state index >= 15 is 0 Å². The van der Waals surface area contributed by atoms with Crippen LogP contribution in [0.2, 0.25) is 5.02 Å². The van der Waals surface area contributed by atoms with Crippen LogP contribution < -0.4 is 0 Å². The molecule has 0 aromatic heterocycles. The first-order valence-electron chi connectivity index (χ1n) is 11.6. The van der Waals surface area contributed by atoms with Crippen molar-refractivity contribution >= 4 is 17.5 Å². The van der Waals surface area contributed by atoms with Gasteiger partial charge >= 0.3 is 0 Å². The number of aliphatic hydroxyl groups is 1. The van der Waals surface area contributed by atoms with Gasteiger partial charge in [-0.15, -0.1) is 0 Å². The van der Waals surface area contributed by atoms with Gasteiger partial charge in [0.05, 0.1) is 30.0 Å². The second-order valence-electron chi connectivity index (χ2n) is 10.6. The summed E-state index contributed by atoms with van der Waals surface area (Å²) >= 11 is 5.94. The third-order valence-electron chi connectivity index (χ3n) is 7.71. The number of carbonyl (C=O) groups excluding carboxylic acids is 1. The number of halogens is 1. The van der Waals surface area contributed by atoms with Crippen molar-refractivity contribution in [2.24, 2.45) is 5.41 Å². The van der Waals surface area contributed by atoms with Crippen LogP contribution in [0.1, 0.15) is 64.9 Å². The molecule has 3 aliphatic heterocycles. The number of carbonyl (C=O) groups is 1. The van der Waals surface area contributed by atoms with E-state index in [1.54, 1.807) is 0 Å². The summed E-state index contributed by atoms with van der Waals surface area (Å²) in [6.07, 6.45) is 5.95. The molecule has 0 aliphatic carbocycles. The van der Waals surface area contributed by atoms with Crippen LogP contribution >= 0.6 is 11.6 Å². The number of amides is 1. The molecule has 3 atom stereocenters. The zero-order valence-electron chi connectivity index (χ0n) is 19.0. The summed E-state index contributed by atoms with van der Waals surface area (Å²) in [5.41, 5.74) is 0.134. The van der Waals surface area contributed by atoms with Gasteiger partial charge in [-0.25, -0.2) is 0 Å². The van der Waals surface area contributed by atoms with Crippen LogP contribution in [0.5, 0.6) is 0 Å². The predicted octanol–water partition coefficient (Wildman–Crippen LogP) is 4.38. The lowest BCUT2D eigenvalue weighted by Crippen LogP contribution is -2.45. The Morgan fingerprint density at radius 1 is 1.23 bits per heavy atom. The number of aryl methyl sites for hydroxylation is 1. The molecular weight excluding hydrogens is 414 g/mol. The molecule has 3 heterocycles. The fraction of sp³-hybridized carbons (Fsp3) is 0.720. The molecule has 1 amide bonds. The van der Waals surface area contributed by atoms with Crippen LogP contribution in [-0.2, 0) is 20.7 Å². The molecule has 5 nitrogen and oxygen atoms in total. The average molecular weight is 450 g/mol. The highest BCUT2D eigenvalue weighted by Crippen LogP contribution is 2.49. The molecule has 1 spiro atoms. The van der Waals surface area contributed by atoms with Crippen LogP contribution in [-0.4, -0.2) is 59.0 Å². The second-order valence-corrected chi connectivity index (χ2v) is 11.1. The minimum atomic E-state index is -0.828. The fourth-order valence-electron chi connectivity index (χ4n) is 5.41. The maximum atomic E-state index is 12.7. The Balaban J connectivity index is 1.27. The van der Waals surface area contributed by atoms with Gasteiger partial charge in [0.2, 0.25) is 5.91 Å². The molecule has 0 bridgehead atoms. The van der Waals surface area contributed by atoms with Gasteiger partial charge in [0.1, 0.15) is 0 Å². The van der Waals surface area contributed by atoms with Crippen molar-refractivity contribution in [3.63, 3.8) is 0 Å². The van der Waals surface area contributed by atoms with Gasteiger partial charge in [-0.2, -0.15) is 0 Å². The summed E-state index contributed by atoms with van der Waals surface area (Å²) in [6.45, 7) is 8.13. The lowest BCUT2D eigenvalue weighted by Gasteiger charge is -2.39. The Morgan fingerprint density at radius 3 is 2.52 bits per heavy atom. The van der Waals surface area contributed by atoms with Gasteiger partial charge in [0.15, 0.2) is 0 Å². The van der Waals surface area contributed by atoms with E-state index in [2.05, 4.69) is 6.92 Å². The fourth-order valence-corrected chi connectivity index (χ4v) is 5.54. The van der Waals surface area contributed by atoms with Gasteiger partial charge in [-0.3, -0.25) is 4.79 Å². The summed E-state index contributed by atoms with van der Waals surface area (Å²) < 4.78 is 12.6. The largest absolute Gasteiger partial charge is 0.388 e. The van der Waals surface area contributed by atoms with E-state index in [0.717, 1.165) is 68.8 Å². The van der Waals surface area contributed by atoms with Crippen LogP contribution in [0.25, 0.3) is 0 Å². The van der Waals surface area contributed by atoms with Crippen molar-refractivity contribution in [2.45, 2.75) is 89.1 Å². The number of piperidine rings is 1. The maximum absolute atomic E-state index is 12.7. The third-order valence-corrected chi connectivity index (χ3v) is 7.96. The van der Waals surface area contributed by atoms with Gasteiger partial charge in [-0.05, 0) is 82.4 Å². The maximum Gasteiger partial charge on any atom is 0.222 e. The van der Waals surface area contributed by atoms with E-state index in [1.807, 2.05) is 43.0 Å². The Kier molecular flexibility index (Phi) is 6.43. The highest BCUT2D eigenvalue weighted by atomic mass is 35.5. The highest BCUT2D eigenvalue weighted by molar-refractivity contribution is 6.30. The molecule has 3 saturated heterocycles. The standard InChI is InChI=1S/C25H36ClNO4/c1-23(2,29)20-10-11-24(3,31-20)21-16-25(17-30-21)12-14-27(15-13-25)22(28)9-6-18-4-7-19(26)8-5-18/h4-5,7-8,20-21,29H,6,9-17H2,1-3H3/t20-,21+,24+/m0/s1. The van der Waals surface area contributed by atoms with Gasteiger partial charge in [0.25, 0.3) is 0 Å². The second kappa shape index (κ2) is 8.66. The van der Waals surface area contributed by atoms with Crippen molar-refractivity contribution in [1.82, 2.24) is 4.90 Å². The van der Waals surface area contributed by atoms with E-state index in [-0.39, 0.29) is 29.1 Å². The normalized spacial score (nSPS) is 30.8. The van der Waals surface area contributed by atoms with Crippen molar-refractivity contribution < 1.29 is 19.4 Å². The Labute approximate surface area is 191 Å². The van der Waals surface area contributed by atoms with Gasteiger partial charge in [-0.1, -0.05) is 23.7 Å². The zero-order chi connectivity index (χ0) is 22.3. The molecule has 6 heteroatoms. The Hall–Kier alpha value is -1.14. The minimum Gasteiger partial charge on any atom is -0.388 e. The number of rotatable bonds is 5. The average Bonchev–Trinajstić information content (AvgIpc) is 3.33. The number of likely N-dealkylation sites (tertiary alicyclic amines) is 1. The quantitative estimate of drug-likeness (QED) is 0.724. The lowest BCUT2D eigenvalue weighted by atomic mass is 9.74. The molecule has 31 heavy (non-hydrogen) atoms. The SMILES string of the molecule is CC(C)(O)[C@@H]1CC[C@](C)([C@H]2CC3(CCN(C(=O)CCc4ccc(Cl)cc4)CC3)CO2)O1. The number of hydrogen-bond acceptors (Lipinski definition) is 4. The first kappa shape index (κ1) is 23.0. The van der Waals surface area contributed by atoms with Crippen LogP contribution in [0.3, 0.4) is 0 Å². The molecule has 1 N–H and O–H groups in total. The molecule has 3 aliphatic rings. The zero-order valence-corrected chi connectivity index (χ0v) is 19.8. The molecule has 0 saturated carbocycles. The van der Waals surface area contributed by atoms with Crippen LogP contribution in [0, 0.1) is 5.41 Å². The Bertz CT molecular complexity index is 782. The van der Waals surface area contributed by atoms with Crippen molar-refractivity contribution in [3.8, 4) is 0 Å². The molecule has 1 aromatic rings. The minimum absolute atomic E-state index is 0.0620.